The van der Waals surface area contributed by atoms with E-state index in [0.29, 0.717) is 44.7 Å². The summed E-state index contributed by atoms with van der Waals surface area (Å²) >= 11 is 12.6. The molecule has 0 atom stereocenters. The molecule has 0 unspecified atom stereocenters. The Morgan fingerprint density at radius 3 is 2.55 bits per heavy atom. The predicted octanol–water partition coefficient (Wildman–Crippen LogP) is 7.64. The number of aromatic nitrogens is 2. The number of hydrogen-bond acceptors (Lipinski definition) is 5. The van der Waals surface area contributed by atoms with Gasteiger partial charge in [-0.05, 0) is 44.2 Å². The van der Waals surface area contributed by atoms with Crippen molar-refractivity contribution in [2.24, 2.45) is 0 Å². The number of amides is 1. The summed E-state index contributed by atoms with van der Waals surface area (Å²) in [6, 6.07) is 11.6. The van der Waals surface area contributed by atoms with Gasteiger partial charge in [0, 0.05) is 25.6 Å². The van der Waals surface area contributed by atoms with Gasteiger partial charge in [-0.2, -0.15) is 13.2 Å². The Labute approximate surface area is 238 Å². The van der Waals surface area contributed by atoms with Crippen LogP contribution < -0.4 is 15.0 Å². The molecule has 1 amide bonds. The number of alkyl halides is 3. The summed E-state index contributed by atoms with van der Waals surface area (Å²) in [7, 11) is 1.41. The smallest absolute Gasteiger partial charge is 0.418 e. The quantitative estimate of drug-likeness (QED) is 0.230. The van der Waals surface area contributed by atoms with Crippen LogP contribution in [0.15, 0.2) is 48.5 Å². The monoisotopic (exact) mass is 592 g/mol. The normalized spacial score (nSPS) is 14.2. The number of H-pyrrole nitrogens is 1. The minimum Gasteiger partial charge on any atom is -0.486 e. The van der Waals surface area contributed by atoms with Crippen LogP contribution in [-0.2, 0) is 17.3 Å². The number of carbonyl (C=O) groups excluding carboxylic acids is 1. The average molecular weight is 593 g/mol. The molecule has 5 rings (SSSR count). The summed E-state index contributed by atoms with van der Waals surface area (Å²) in [5, 5.41) is 3.85. The number of hydrogen-bond donors (Lipinski definition) is 2. The van der Waals surface area contributed by atoms with E-state index in [0.717, 1.165) is 11.0 Å². The largest absolute Gasteiger partial charge is 0.486 e. The van der Waals surface area contributed by atoms with E-state index in [9.17, 15) is 18.0 Å². The topological polar surface area (TPSA) is 79.5 Å². The van der Waals surface area contributed by atoms with Gasteiger partial charge in [0.15, 0.2) is 0 Å². The molecule has 0 bridgehead atoms. The summed E-state index contributed by atoms with van der Waals surface area (Å²) < 4.78 is 53.1. The molecule has 0 spiro atoms. The zero-order valence-corrected chi connectivity index (χ0v) is 23.3. The van der Waals surface area contributed by atoms with E-state index in [2.05, 4.69) is 15.3 Å². The summed E-state index contributed by atoms with van der Waals surface area (Å²) in [4.78, 5) is 22.9. The van der Waals surface area contributed by atoms with E-state index in [1.807, 2.05) is 13.8 Å². The minimum atomic E-state index is -4.67. The number of anilines is 3. The van der Waals surface area contributed by atoms with Crippen LogP contribution in [0.3, 0.4) is 0 Å². The highest BCUT2D eigenvalue weighted by atomic mass is 35.5. The van der Waals surface area contributed by atoms with Crippen LogP contribution in [0.1, 0.15) is 35.3 Å². The van der Waals surface area contributed by atoms with Crippen LogP contribution in [0.25, 0.3) is 11.0 Å². The van der Waals surface area contributed by atoms with Gasteiger partial charge < -0.3 is 24.7 Å². The number of rotatable bonds is 7. The molecule has 210 valence electrons. The molecule has 2 heterocycles. The second-order valence-electron chi connectivity index (χ2n) is 9.94. The highest BCUT2D eigenvalue weighted by Gasteiger charge is 2.39. The molecular weight excluding hydrogens is 568 g/mol. The summed E-state index contributed by atoms with van der Waals surface area (Å²) in [6.07, 6.45) is -4.25. The van der Waals surface area contributed by atoms with Gasteiger partial charge >= 0.3 is 6.18 Å². The maximum Gasteiger partial charge on any atom is 0.418 e. The number of aromatic amines is 1. The van der Waals surface area contributed by atoms with Crippen LogP contribution in [0.2, 0.25) is 10.0 Å². The summed E-state index contributed by atoms with van der Waals surface area (Å²) in [6.45, 7) is 3.64. The Kier molecular flexibility index (Phi) is 7.37. The van der Waals surface area contributed by atoms with Crippen molar-refractivity contribution in [2.45, 2.75) is 32.0 Å². The molecule has 0 saturated carbocycles. The first-order chi connectivity index (χ1) is 18.9. The third kappa shape index (κ3) is 5.31. The molecular formula is C28H25Cl2F3N4O3. The highest BCUT2D eigenvalue weighted by molar-refractivity contribution is 6.39. The van der Waals surface area contributed by atoms with E-state index < -0.39 is 23.2 Å². The van der Waals surface area contributed by atoms with Gasteiger partial charge in [-0.25, -0.2) is 4.98 Å². The molecule has 2 N–H and O–H groups in total. The minimum absolute atomic E-state index is 0.0193. The Morgan fingerprint density at radius 1 is 1.18 bits per heavy atom. The molecule has 40 heavy (non-hydrogen) atoms. The van der Waals surface area contributed by atoms with Crippen molar-refractivity contribution in [3.8, 4) is 5.75 Å². The van der Waals surface area contributed by atoms with Gasteiger partial charge in [0.1, 0.15) is 11.4 Å². The number of nitrogens with one attached hydrogen (secondary N) is 2. The zero-order valence-electron chi connectivity index (χ0n) is 21.7. The van der Waals surface area contributed by atoms with Gasteiger partial charge in [-0.15, -0.1) is 0 Å². The first-order valence-electron chi connectivity index (χ1n) is 12.3. The van der Waals surface area contributed by atoms with Crippen LogP contribution in [0.5, 0.6) is 5.75 Å². The van der Waals surface area contributed by atoms with Crippen molar-refractivity contribution in [3.05, 3.63) is 75.3 Å². The number of halogens is 5. The Morgan fingerprint density at radius 2 is 1.88 bits per heavy atom. The molecule has 0 aliphatic carbocycles. The number of benzene rings is 3. The summed E-state index contributed by atoms with van der Waals surface area (Å²) in [5.41, 5.74) is 0.386. The van der Waals surface area contributed by atoms with E-state index in [-0.39, 0.29) is 30.2 Å². The van der Waals surface area contributed by atoms with E-state index in [1.165, 1.54) is 25.3 Å². The lowest BCUT2D eigenvalue weighted by Crippen LogP contribution is -2.36. The van der Waals surface area contributed by atoms with Gasteiger partial charge in [-0.3, -0.25) is 4.79 Å². The highest BCUT2D eigenvalue weighted by Crippen LogP contribution is 2.44. The third-order valence-electron chi connectivity index (χ3n) is 6.51. The fraction of sp³-hybridized carbons (Fsp3) is 0.286. The fourth-order valence-electron chi connectivity index (χ4n) is 4.78. The molecule has 1 aliphatic heterocycles. The SMILES string of the molecule is COCCN(C(=O)c1cc2[nH]c(Nc3c(Cl)cccc3Cl)nc2c2c1OC(C)(C)C2)c1ccccc1C(F)(F)F. The number of ether oxygens (including phenoxy) is 2. The second kappa shape index (κ2) is 10.5. The van der Waals surface area contributed by atoms with Crippen molar-refractivity contribution in [1.29, 1.82) is 0 Å². The molecule has 1 aliphatic rings. The van der Waals surface area contributed by atoms with Crippen molar-refractivity contribution in [1.82, 2.24) is 9.97 Å². The maximum absolute atomic E-state index is 14.1. The first kappa shape index (κ1) is 28.1. The zero-order chi connectivity index (χ0) is 28.8. The third-order valence-corrected chi connectivity index (χ3v) is 7.14. The molecule has 3 aromatic carbocycles. The van der Waals surface area contributed by atoms with Crippen molar-refractivity contribution in [2.75, 3.05) is 30.5 Å². The molecule has 0 radical (unpaired) electrons. The molecule has 12 heteroatoms. The van der Waals surface area contributed by atoms with Crippen LogP contribution in [0, 0.1) is 0 Å². The lowest BCUT2D eigenvalue weighted by atomic mass is 9.98. The lowest BCUT2D eigenvalue weighted by Gasteiger charge is -2.27. The maximum atomic E-state index is 14.1. The van der Waals surface area contributed by atoms with Gasteiger partial charge in [0.25, 0.3) is 5.91 Å². The number of nitrogens with zero attached hydrogens (tertiary/aromatic N) is 2. The second-order valence-corrected chi connectivity index (χ2v) is 10.8. The number of carbonyl (C=O) groups is 1. The van der Waals surface area contributed by atoms with Crippen LogP contribution in [0.4, 0.5) is 30.5 Å². The first-order valence-corrected chi connectivity index (χ1v) is 13.1. The van der Waals surface area contributed by atoms with Crippen molar-refractivity contribution in [3.63, 3.8) is 0 Å². The number of methoxy groups -OCH3 is 1. The fourth-order valence-corrected chi connectivity index (χ4v) is 5.27. The van der Waals surface area contributed by atoms with Gasteiger partial charge in [0.2, 0.25) is 5.95 Å². The predicted molar refractivity (Wildman–Crippen MR) is 149 cm³/mol. The molecule has 0 saturated heterocycles. The van der Waals surface area contributed by atoms with Crippen LogP contribution >= 0.6 is 23.2 Å². The van der Waals surface area contributed by atoms with Crippen molar-refractivity contribution < 1.29 is 27.4 Å². The number of fused-ring (bicyclic) bond motifs is 3. The number of imidazole rings is 1. The summed E-state index contributed by atoms with van der Waals surface area (Å²) in [5.74, 6) is -0.0637. The number of para-hydroxylation sites is 2. The van der Waals surface area contributed by atoms with Crippen molar-refractivity contribution >= 4 is 57.5 Å². The van der Waals surface area contributed by atoms with Gasteiger partial charge in [0.05, 0.1) is 50.2 Å². The molecule has 7 nitrogen and oxygen atoms in total. The van der Waals surface area contributed by atoms with E-state index in [1.54, 1.807) is 24.3 Å². The average Bonchev–Trinajstić information content (AvgIpc) is 3.44. The van der Waals surface area contributed by atoms with E-state index >= 15 is 0 Å². The van der Waals surface area contributed by atoms with Gasteiger partial charge in [-0.1, -0.05) is 41.4 Å². The van der Waals surface area contributed by atoms with Crippen LogP contribution in [-0.4, -0.2) is 41.7 Å². The molecule has 0 fully saturated rings. The Balaban J connectivity index is 1.64. The molecule has 4 aromatic rings. The van der Waals surface area contributed by atoms with E-state index in [4.69, 9.17) is 32.7 Å². The Hall–Kier alpha value is -3.47. The standard InChI is InChI=1S/C28H25Cl2F3N4O3/c1-27(2)14-16-22-20(34-26(35-22)36-23-18(29)8-6-9-19(23)30)13-15(24(16)40-27)25(38)37(11-12-39-3)21-10-5-4-7-17(21)28(31,32)33/h4-10,13H,11-12,14H2,1-3H3,(H2,34,35,36). The Bertz CT molecular complexity index is 1580. The molecule has 1 aromatic heterocycles. The lowest BCUT2D eigenvalue weighted by molar-refractivity contribution is -0.137.